The average Bonchev–Trinajstić information content (AvgIpc) is 1.67. The molecule has 34 nitrogen and oxygen atoms in total. The van der Waals surface area contributed by atoms with Gasteiger partial charge in [0.2, 0.25) is 0 Å². The van der Waals surface area contributed by atoms with Crippen LogP contribution in [0, 0.1) is 12.3 Å². The number of carbonyl (C=O) groups is 9. The predicted octanol–water partition coefficient (Wildman–Crippen LogP) is 4.61. The molecule has 4 N–H and O–H groups in total. The zero-order chi connectivity index (χ0) is 80.9. The first-order valence-corrected chi connectivity index (χ1v) is 33.4. The van der Waals surface area contributed by atoms with E-state index >= 15 is 0 Å². The van der Waals surface area contributed by atoms with E-state index in [9.17, 15) is 51.9 Å². The molecule has 107 heavy (non-hydrogen) atoms. The number of hydrogen-bond acceptors (Lipinski definition) is 22. The summed E-state index contributed by atoms with van der Waals surface area (Å²) in [4.78, 5) is 127. The maximum absolute atomic E-state index is 12.2. The normalized spacial score (nSPS) is 12.1. The SMILES string of the molecule is C#CCC.CC(C)(C)OC(=O)NCc1cn(CCON2C(=O)c3ccccc3C2=O)nn1.CCN(CC)CC.COCCn1cc(CN)nn1.ClCCBr.O=C1c2ccccc2C(=O)N1O.O=C1c2ccccc2C(=O)N1OCCCl.[2H]CF.[2H]CF.[Cl-].[N-]=[N+]=NCCON1C(=O)c2ccccc2C1=O.[N-]=[N+]=[N-].[Na+]. The quantitative estimate of drug-likeness (QED) is 0.0102. The number of rotatable bonds is 21. The molecule has 0 radical (unpaired) electrons. The van der Waals surface area contributed by atoms with Gasteiger partial charge in [-0.3, -0.25) is 71.8 Å². The second-order valence-corrected chi connectivity index (χ2v) is 22.2. The third-order valence-electron chi connectivity index (χ3n) is 12.7. The van der Waals surface area contributed by atoms with Crippen LogP contribution in [-0.2, 0) is 50.2 Å². The van der Waals surface area contributed by atoms with E-state index in [1.54, 1.807) is 124 Å². The van der Waals surface area contributed by atoms with Gasteiger partial charge in [-0.1, -0.05) is 108 Å². The van der Waals surface area contributed by atoms with Crippen molar-refractivity contribution in [2.75, 3.05) is 91.1 Å². The minimum Gasteiger partial charge on any atom is -1.00 e. The number of nitrogens with one attached hydrogen (secondary N) is 1. The van der Waals surface area contributed by atoms with Crippen LogP contribution in [0.25, 0.3) is 26.4 Å². The largest absolute Gasteiger partial charge is 1.00 e. The summed E-state index contributed by atoms with van der Waals surface area (Å²) in [5, 5.41) is 33.5. The van der Waals surface area contributed by atoms with Gasteiger partial charge in [0.25, 0.3) is 47.3 Å². The van der Waals surface area contributed by atoms with Crippen molar-refractivity contribution in [3.05, 3.63) is 192 Å². The Hall–Kier alpha value is -8.90. The third kappa shape index (κ3) is 35.6. The van der Waals surface area contributed by atoms with Crippen molar-refractivity contribution in [3.63, 3.8) is 0 Å². The van der Waals surface area contributed by atoms with Gasteiger partial charge in [0, 0.05) is 48.3 Å². The summed E-state index contributed by atoms with van der Waals surface area (Å²) >= 11 is 13.7. The Labute approximate surface area is 667 Å². The van der Waals surface area contributed by atoms with Crippen LogP contribution in [0.15, 0.2) is 115 Å². The number of benzene rings is 4. The fourth-order valence-corrected chi connectivity index (χ4v) is 8.07. The molecule has 0 aliphatic carbocycles. The van der Waals surface area contributed by atoms with Gasteiger partial charge >= 0.3 is 35.7 Å². The molecule has 2 aromatic heterocycles. The molecule has 0 unspecified atom stereocenters. The number of hydroxylamine groups is 8. The number of terminal acetylenes is 1. The number of alkyl halides is 5. The van der Waals surface area contributed by atoms with E-state index < -0.39 is 73.3 Å². The molecule has 0 spiro atoms. The molecule has 0 fully saturated rings. The van der Waals surface area contributed by atoms with Crippen LogP contribution < -0.4 is 53.0 Å². The maximum Gasteiger partial charge on any atom is 1.00 e. The van der Waals surface area contributed by atoms with Crippen molar-refractivity contribution >= 4 is 92.5 Å². The number of nitrogens with two attached hydrogens (primary N) is 1. The van der Waals surface area contributed by atoms with Crippen molar-refractivity contribution in [3.8, 4) is 12.3 Å². The molecule has 0 bridgehead atoms. The topological polar surface area (TPSA) is 443 Å². The molecule has 0 saturated carbocycles. The van der Waals surface area contributed by atoms with Crippen molar-refractivity contribution in [2.45, 2.75) is 86.7 Å². The number of halogens is 6. The molecular formula is C66H85BrCl3F2N19NaO15-. The fraction of sp³-hybridized carbons (Fsp3) is 0.409. The number of azide groups is 1. The van der Waals surface area contributed by atoms with Gasteiger partial charge in [-0.15, -0.1) is 66.0 Å². The summed E-state index contributed by atoms with van der Waals surface area (Å²) < 4.78 is 44.2. The molecule has 41 heteroatoms. The Morgan fingerprint density at radius 1 is 0.654 bits per heavy atom. The number of alkyl carbamates (subject to hydrolysis) is 1. The molecule has 4 aliphatic heterocycles. The van der Waals surface area contributed by atoms with E-state index in [4.69, 9.17) is 83.9 Å². The van der Waals surface area contributed by atoms with Gasteiger partial charge in [0.1, 0.15) is 11.3 Å². The van der Waals surface area contributed by atoms with E-state index in [1.165, 1.54) is 41.4 Å². The maximum atomic E-state index is 12.2. The van der Waals surface area contributed by atoms with Crippen molar-refractivity contribution in [1.82, 2.24) is 60.5 Å². The minimum absolute atomic E-state index is 0. The molecule has 4 aromatic carbocycles. The van der Waals surface area contributed by atoms with Crippen molar-refractivity contribution < 1.29 is 126 Å². The summed E-state index contributed by atoms with van der Waals surface area (Å²) in [6.45, 7) is 19.9. The summed E-state index contributed by atoms with van der Waals surface area (Å²) in [7, 11) is -0.346. The zero-order valence-corrected chi connectivity index (χ0v) is 66.2. The van der Waals surface area contributed by atoms with Gasteiger partial charge in [0.15, 0.2) is 0 Å². The number of carbonyl (C=O) groups excluding carboxylic acids is 9. The Morgan fingerprint density at radius 3 is 1.25 bits per heavy atom. The zero-order valence-electron chi connectivity index (χ0n) is 62.3. The van der Waals surface area contributed by atoms with Crippen molar-refractivity contribution in [1.29, 1.82) is 0 Å². The van der Waals surface area contributed by atoms with E-state index in [0.29, 0.717) is 63.2 Å². The standard InChI is InChI=1S/C18H21N5O5.C10H8ClNO3.C10H8N4O3.C8H5NO3.C6H12N4O.C6H15N.C4H6.C2H4BrCl.2CH3F.ClH.N3.Na/c1-18(2,3)28-17(26)19-10-12-11-22(21-20-12)8-9-27-23-15(24)13-6-4-5-7-14(13)16(23)25;11-5-6-15-12-9(13)7-3-1-2-4-8(7)10(12)14;11-13-12-5-6-17-14-9(15)7-3-1-2-4-8(7)10(14)16;10-7-5-3-1-2-4-6(5)8(11)9(7)12;1-11-3-2-10-5-6(4-7)8-9-10;1-4-7(5-2)6-3;1-3-4-2;3-1-2-4;2*1-2;;1-3-2;/h4-7,11H,8-10H2,1-3H3,(H,19,26);1-4H,5-6H2;1-4H,5-6H2;1-4,12H;5H,2-4,7H2,1H3;4-6H2,1-3H3;1H,4H2,2H3;1-2H2;2*1H3;1H;;/q;;;;;;;;;;;-1;+1/p-1/i;;;;;;;;2*1D;;;. The average molecular weight is 1630 g/mol. The summed E-state index contributed by atoms with van der Waals surface area (Å²) in [6, 6.07) is 25.9. The number of amides is 9. The minimum atomic E-state index is -1.00. The smallest absolute Gasteiger partial charge is 1.00 e. The Kier molecular flexibility index (Phi) is 54.3. The van der Waals surface area contributed by atoms with Gasteiger partial charge in [-0.25, -0.2) is 14.2 Å². The molecule has 578 valence electrons. The first-order chi connectivity index (χ1) is 51.2. The first kappa shape index (κ1) is 98.1. The monoisotopic (exact) mass is 1630 g/mol. The van der Waals surface area contributed by atoms with E-state index in [2.05, 4.69) is 83.5 Å². The van der Waals surface area contributed by atoms with Crippen molar-refractivity contribution in [2.24, 2.45) is 10.8 Å². The van der Waals surface area contributed by atoms with Crippen LogP contribution in [0.5, 0.6) is 0 Å². The summed E-state index contributed by atoms with van der Waals surface area (Å²) in [5.41, 5.74) is 30.2. The third-order valence-corrected chi connectivity index (χ3v) is 13.9. The van der Waals surface area contributed by atoms with Gasteiger partial charge < -0.3 is 48.9 Å². The number of hydrogen-bond donors (Lipinski definition) is 3. The Morgan fingerprint density at radius 2 is 0.972 bits per heavy atom. The van der Waals surface area contributed by atoms with Gasteiger partial charge in [-0.2, -0.15) is 0 Å². The van der Waals surface area contributed by atoms with E-state index in [1.807, 2.05) is 13.1 Å². The molecular weight excluding hydrogens is 1550 g/mol. The summed E-state index contributed by atoms with van der Waals surface area (Å²) in [5.74, 6) is -0.762. The van der Waals surface area contributed by atoms with E-state index in [-0.39, 0.29) is 103 Å². The molecule has 4 aliphatic rings. The summed E-state index contributed by atoms with van der Waals surface area (Å²) in [6.07, 6.45) is 8.53. The van der Waals surface area contributed by atoms with Crippen LogP contribution in [-0.4, -0.2) is 210 Å². The number of ether oxygens (including phenoxy) is 2. The Balaban J connectivity index is -0.00000122. The van der Waals surface area contributed by atoms with Crippen LogP contribution in [0.1, 0.15) is 152 Å². The second-order valence-electron chi connectivity index (χ2n) is 20.6. The number of fused-ring (bicyclic) bond motifs is 4. The van der Waals surface area contributed by atoms with Crippen LogP contribution in [0.4, 0.5) is 13.6 Å². The van der Waals surface area contributed by atoms with Gasteiger partial charge in [-0.05, 0) is 94.5 Å². The molecule has 10 rings (SSSR count). The predicted molar refractivity (Wildman–Crippen MR) is 386 cm³/mol. The van der Waals surface area contributed by atoms with Crippen LogP contribution in [0.3, 0.4) is 0 Å². The number of imide groups is 4. The Bertz CT molecular complexity index is 3740. The molecule has 0 atom stereocenters. The van der Waals surface area contributed by atoms with Crippen LogP contribution >= 0.6 is 39.1 Å². The molecule has 6 aromatic rings. The van der Waals surface area contributed by atoms with E-state index in [0.717, 1.165) is 34.1 Å². The number of aromatic nitrogens is 6. The molecule has 0 saturated heterocycles. The van der Waals surface area contributed by atoms with Crippen LogP contribution in [0.2, 0.25) is 0 Å². The number of nitrogens with zero attached hydrogens (tertiary/aromatic N) is 17. The first-order valence-electron chi connectivity index (χ1n) is 32.6. The fourth-order valence-electron chi connectivity index (χ4n) is 8.00. The van der Waals surface area contributed by atoms with Gasteiger partial charge in [0.05, 0.1) is 126 Å². The number of methoxy groups -OCH3 is 1. The molecule has 9 amide bonds. The molecule has 6 heterocycles. The second kappa shape index (κ2) is 59.2.